The van der Waals surface area contributed by atoms with Crippen molar-refractivity contribution in [2.24, 2.45) is 0 Å². The van der Waals surface area contributed by atoms with Crippen molar-refractivity contribution in [1.29, 1.82) is 0 Å². The molecule has 1 aromatic heterocycles. The molecule has 128 valence electrons. The molecule has 0 spiro atoms. The van der Waals surface area contributed by atoms with E-state index in [4.69, 9.17) is 4.74 Å². The lowest BCUT2D eigenvalue weighted by atomic mass is 10.0. The summed E-state index contributed by atoms with van der Waals surface area (Å²) in [5.74, 6) is 0.169. The number of tetrazole rings is 1. The maximum Gasteiger partial charge on any atom is 0.336 e. The van der Waals surface area contributed by atoms with Crippen LogP contribution in [0.3, 0.4) is 0 Å². The summed E-state index contributed by atoms with van der Waals surface area (Å²) in [5.41, 5.74) is 2.44. The first-order chi connectivity index (χ1) is 12.0. The van der Waals surface area contributed by atoms with Gasteiger partial charge in [0.15, 0.2) is 0 Å². The van der Waals surface area contributed by atoms with Crippen LogP contribution in [0.4, 0.5) is 0 Å². The number of benzene rings is 2. The minimum absolute atomic E-state index is 0.205. The fourth-order valence-electron chi connectivity index (χ4n) is 2.45. The van der Waals surface area contributed by atoms with E-state index in [1.54, 1.807) is 26.2 Å². The molecular formula is C17H15BrN4O3. The van der Waals surface area contributed by atoms with Gasteiger partial charge >= 0.3 is 5.97 Å². The minimum atomic E-state index is -0.995. The summed E-state index contributed by atoms with van der Waals surface area (Å²) in [4.78, 5) is 12.8. The van der Waals surface area contributed by atoms with Crippen molar-refractivity contribution in [3.8, 4) is 17.1 Å². The molecule has 0 bridgehead atoms. The van der Waals surface area contributed by atoms with Crippen molar-refractivity contribution in [2.45, 2.75) is 13.5 Å². The SMILES string of the molecule is COc1ccc(Cn2nnc(-c3cc(Br)cc(C(=O)O)c3C)n2)cc1. The predicted octanol–water partition coefficient (Wildman–Crippen LogP) is 3.17. The summed E-state index contributed by atoms with van der Waals surface area (Å²) >= 11 is 3.33. The lowest BCUT2D eigenvalue weighted by molar-refractivity contribution is 0.0696. The van der Waals surface area contributed by atoms with E-state index >= 15 is 0 Å². The molecule has 0 amide bonds. The number of aromatic nitrogens is 4. The van der Waals surface area contributed by atoms with E-state index in [9.17, 15) is 9.90 Å². The summed E-state index contributed by atoms with van der Waals surface area (Å²) < 4.78 is 5.78. The van der Waals surface area contributed by atoms with E-state index in [1.165, 1.54) is 4.80 Å². The van der Waals surface area contributed by atoms with Crippen LogP contribution < -0.4 is 4.74 Å². The summed E-state index contributed by atoms with van der Waals surface area (Å²) in [7, 11) is 1.62. The van der Waals surface area contributed by atoms with E-state index in [0.29, 0.717) is 28.0 Å². The van der Waals surface area contributed by atoms with Crippen LogP contribution in [0, 0.1) is 6.92 Å². The van der Waals surface area contributed by atoms with Gasteiger partial charge in [-0.2, -0.15) is 4.80 Å². The first-order valence-corrected chi connectivity index (χ1v) is 8.22. The van der Waals surface area contributed by atoms with Crippen LogP contribution in [0.2, 0.25) is 0 Å². The third kappa shape index (κ3) is 3.69. The van der Waals surface area contributed by atoms with Gasteiger partial charge in [-0.15, -0.1) is 10.2 Å². The van der Waals surface area contributed by atoms with Crippen LogP contribution in [0.5, 0.6) is 5.75 Å². The highest BCUT2D eigenvalue weighted by molar-refractivity contribution is 9.10. The highest BCUT2D eigenvalue weighted by atomic mass is 79.9. The van der Waals surface area contributed by atoms with E-state index in [0.717, 1.165) is 11.3 Å². The number of carboxylic acid groups (broad SMARTS) is 1. The van der Waals surface area contributed by atoms with Gasteiger partial charge in [-0.3, -0.25) is 0 Å². The van der Waals surface area contributed by atoms with E-state index in [-0.39, 0.29) is 5.56 Å². The first-order valence-electron chi connectivity index (χ1n) is 7.42. The number of nitrogens with zero attached hydrogens (tertiary/aromatic N) is 4. The van der Waals surface area contributed by atoms with E-state index in [2.05, 4.69) is 31.3 Å². The Kier molecular flexibility index (Phi) is 4.80. The van der Waals surface area contributed by atoms with Crippen LogP contribution in [-0.2, 0) is 6.54 Å². The maximum atomic E-state index is 11.4. The molecule has 0 aliphatic carbocycles. The normalized spacial score (nSPS) is 10.7. The summed E-state index contributed by atoms with van der Waals surface area (Å²) in [6.45, 7) is 2.19. The minimum Gasteiger partial charge on any atom is -0.497 e. The molecule has 0 fully saturated rings. The topological polar surface area (TPSA) is 90.1 Å². The smallest absolute Gasteiger partial charge is 0.336 e. The van der Waals surface area contributed by atoms with Crippen LogP contribution in [0.25, 0.3) is 11.4 Å². The molecule has 1 heterocycles. The Morgan fingerprint density at radius 2 is 2.00 bits per heavy atom. The molecule has 1 N–H and O–H groups in total. The second-order valence-corrected chi connectivity index (χ2v) is 6.34. The molecule has 0 saturated heterocycles. The average molecular weight is 403 g/mol. The Morgan fingerprint density at radius 3 is 2.64 bits per heavy atom. The standard InChI is InChI=1S/C17H15BrN4O3/c1-10-14(7-12(18)8-15(10)17(23)24)16-19-21-22(20-16)9-11-3-5-13(25-2)6-4-11/h3-8H,9H2,1-2H3,(H,23,24). The van der Waals surface area contributed by atoms with Crippen LogP contribution in [0.1, 0.15) is 21.5 Å². The molecule has 0 aliphatic heterocycles. The van der Waals surface area contributed by atoms with Gasteiger partial charge in [-0.1, -0.05) is 28.1 Å². The third-order valence-electron chi connectivity index (χ3n) is 3.78. The van der Waals surface area contributed by atoms with Gasteiger partial charge in [0.2, 0.25) is 5.82 Å². The van der Waals surface area contributed by atoms with Crippen LogP contribution in [-0.4, -0.2) is 38.4 Å². The molecule has 7 nitrogen and oxygen atoms in total. The van der Waals surface area contributed by atoms with Crippen molar-refractivity contribution in [3.63, 3.8) is 0 Å². The molecule has 2 aromatic carbocycles. The van der Waals surface area contributed by atoms with Gasteiger partial charge in [0.1, 0.15) is 5.75 Å². The molecule has 0 saturated carbocycles. The lowest BCUT2D eigenvalue weighted by Gasteiger charge is -2.06. The van der Waals surface area contributed by atoms with Gasteiger partial charge in [0, 0.05) is 10.0 Å². The van der Waals surface area contributed by atoms with Gasteiger partial charge in [0.25, 0.3) is 0 Å². The Morgan fingerprint density at radius 1 is 1.28 bits per heavy atom. The number of hydrogen-bond donors (Lipinski definition) is 1. The summed E-state index contributed by atoms with van der Waals surface area (Å²) in [5, 5.41) is 21.8. The quantitative estimate of drug-likeness (QED) is 0.704. The molecule has 0 atom stereocenters. The number of hydrogen-bond acceptors (Lipinski definition) is 5. The second kappa shape index (κ2) is 7.02. The van der Waals surface area contributed by atoms with E-state index < -0.39 is 5.97 Å². The van der Waals surface area contributed by atoms with Gasteiger partial charge in [-0.05, 0) is 47.5 Å². The van der Waals surface area contributed by atoms with Crippen molar-refractivity contribution in [1.82, 2.24) is 20.2 Å². The Hall–Kier alpha value is -2.74. The number of methoxy groups -OCH3 is 1. The van der Waals surface area contributed by atoms with Crippen molar-refractivity contribution >= 4 is 21.9 Å². The molecule has 8 heteroatoms. The molecule has 0 unspecified atom stereocenters. The largest absolute Gasteiger partial charge is 0.497 e. The zero-order valence-corrected chi connectivity index (χ0v) is 15.2. The predicted molar refractivity (Wildman–Crippen MR) is 94.7 cm³/mol. The molecule has 3 aromatic rings. The van der Waals surface area contributed by atoms with Crippen molar-refractivity contribution < 1.29 is 14.6 Å². The molecule has 0 radical (unpaired) electrons. The Balaban J connectivity index is 1.89. The number of rotatable bonds is 5. The number of halogens is 1. The van der Waals surface area contributed by atoms with Gasteiger partial charge in [-0.25, -0.2) is 4.79 Å². The number of carboxylic acids is 1. The van der Waals surface area contributed by atoms with E-state index in [1.807, 2.05) is 24.3 Å². The first kappa shape index (κ1) is 17.1. The Labute approximate surface area is 152 Å². The Bertz CT molecular complexity index is 922. The molecular weight excluding hydrogens is 388 g/mol. The molecule has 0 aliphatic rings. The van der Waals surface area contributed by atoms with Gasteiger partial charge < -0.3 is 9.84 Å². The highest BCUT2D eigenvalue weighted by Gasteiger charge is 2.16. The fraction of sp³-hybridized carbons (Fsp3) is 0.176. The van der Waals surface area contributed by atoms with Crippen molar-refractivity contribution in [2.75, 3.05) is 7.11 Å². The summed E-state index contributed by atoms with van der Waals surface area (Å²) in [6, 6.07) is 10.9. The van der Waals surface area contributed by atoms with Crippen LogP contribution >= 0.6 is 15.9 Å². The monoisotopic (exact) mass is 402 g/mol. The number of aromatic carboxylic acids is 1. The number of ether oxygens (including phenoxy) is 1. The zero-order valence-electron chi connectivity index (χ0n) is 13.6. The lowest BCUT2D eigenvalue weighted by Crippen LogP contribution is -2.04. The summed E-state index contributed by atoms with van der Waals surface area (Å²) in [6.07, 6.45) is 0. The second-order valence-electron chi connectivity index (χ2n) is 5.42. The van der Waals surface area contributed by atoms with Crippen molar-refractivity contribution in [3.05, 3.63) is 57.6 Å². The van der Waals surface area contributed by atoms with Gasteiger partial charge in [0.05, 0.1) is 19.2 Å². The zero-order chi connectivity index (χ0) is 18.0. The number of carbonyl (C=O) groups is 1. The van der Waals surface area contributed by atoms with Crippen LogP contribution in [0.15, 0.2) is 40.9 Å². The fourth-order valence-corrected chi connectivity index (χ4v) is 2.90. The molecule has 25 heavy (non-hydrogen) atoms. The third-order valence-corrected chi connectivity index (χ3v) is 4.24. The average Bonchev–Trinajstić information content (AvgIpc) is 3.05. The highest BCUT2D eigenvalue weighted by Crippen LogP contribution is 2.27. The maximum absolute atomic E-state index is 11.4. The molecule has 3 rings (SSSR count).